The zero-order valence-corrected chi connectivity index (χ0v) is 22.1. The number of hydrogen-bond donors (Lipinski definition) is 0. The summed E-state index contributed by atoms with van der Waals surface area (Å²) in [5.74, 6) is 0.614. The largest absolute Gasteiger partial charge is 0.489 e. The van der Waals surface area contributed by atoms with E-state index in [-0.39, 0.29) is 5.91 Å². The summed E-state index contributed by atoms with van der Waals surface area (Å²) in [7, 11) is 0. The van der Waals surface area contributed by atoms with Gasteiger partial charge < -0.3 is 4.74 Å². The van der Waals surface area contributed by atoms with Gasteiger partial charge in [0.15, 0.2) is 5.17 Å². The Morgan fingerprint density at radius 3 is 2.54 bits per heavy atom. The van der Waals surface area contributed by atoms with Crippen LogP contribution in [0.5, 0.6) is 5.75 Å². The number of thioether (sulfide) groups is 1. The molecule has 37 heavy (non-hydrogen) atoms. The minimum atomic E-state index is -0.109. The number of ether oxygens (including phenoxy) is 1. The molecule has 1 aliphatic heterocycles. The SMILES string of the molecule is C=CCN1C(=O)/C(=C/c2ccc(OCc3ccccc3Cl)cc2)S/C1=N/c1nc(-c2ccccc2)cs1. The number of aliphatic imine (C=N–C) groups is 1. The van der Waals surface area contributed by atoms with Crippen LogP contribution in [0.2, 0.25) is 5.02 Å². The third-order valence-corrected chi connectivity index (χ3v) is 7.59. The molecule has 0 aliphatic carbocycles. The lowest BCUT2D eigenvalue weighted by Crippen LogP contribution is -2.29. The average Bonchev–Trinajstić information content (AvgIpc) is 3.50. The summed E-state index contributed by atoms with van der Waals surface area (Å²) in [6.07, 6.45) is 3.56. The number of nitrogens with zero attached hydrogens (tertiary/aromatic N) is 3. The van der Waals surface area contributed by atoms with Crippen LogP contribution in [0, 0.1) is 0 Å². The Morgan fingerprint density at radius 2 is 1.78 bits per heavy atom. The van der Waals surface area contributed by atoms with Crippen molar-refractivity contribution in [3.63, 3.8) is 0 Å². The second-order valence-electron chi connectivity index (χ2n) is 8.04. The van der Waals surface area contributed by atoms with Crippen molar-refractivity contribution in [2.45, 2.75) is 6.61 Å². The fourth-order valence-corrected chi connectivity index (χ4v) is 5.54. The number of amidine groups is 1. The van der Waals surface area contributed by atoms with Crippen molar-refractivity contribution in [1.29, 1.82) is 0 Å². The minimum Gasteiger partial charge on any atom is -0.489 e. The molecule has 5 rings (SSSR count). The zero-order valence-electron chi connectivity index (χ0n) is 19.7. The zero-order chi connectivity index (χ0) is 25.6. The Labute approximate surface area is 228 Å². The van der Waals surface area contributed by atoms with Crippen molar-refractivity contribution in [3.05, 3.63) is 118 Å². The van der Waals surface area contributed by atoms with Crippen molar-refractivity contribution in [2.24, 2.45) is 4.99 Å². The average molecular weight is 544 g/mol. The molecule has 184 valence electrons. The Kier molecular flexibility index (Phi) is 7.84. The highest BCUT2D eigenvalue weighted by Gasteiger charge is 2.32. The molecule has 0 unspecified atom stereocenters. The first-order chi connectivity index (χ1) is 18.1. The van der Waals surface area contributed by atoms with Crippen LogP contribution >= 0.6 is 34.7 Å². The number of amides is 1. The molecule has 0 spiro atoms. The summed E-state index contributed by atoms with van der Waals surface area (Å²) in [6.45, 7) is 4.55. The maximum Gasteiger partial charge on any atom is 0.267 e. The molecule has 4 aromatic rings. The van der Waals surface area contributed by atoms with E-state index in [1.807, 2.05) is 90.3 Å². The number of rotatable bonds is 8. The van der Waals surface area contributed by atoms with Crippen molar-refractivity contribution in [3.8, 4) is 17.0 Å². The Hall–Kier alpha value is -3.65. The predicted octanol–water partition coefficient (Wildman–Crippen LogP) is 7.83. The van der Waals surface area contributed by atoms with Crippen LogP contribution in [0.15, 0.2) is 107 Å². The highest BCUT2D eigenvalue weighted by molar-refractivity contribution is 8.18. The molecule has 3 aromatic carbocycles. The van der Waals surface area contributed by atoms with E-state index in [0.29, 0.717) is 33.4 Å². The van der Waals surface area contributed by atoms with E-state index in [9.17, 15) is 4.79 Å². The molecular formula is C29H22ClN3O2S2. The van der Waals surface area contributed by atoms with Crippen LogP contribution in [0.25, 0.3) is 17.3 Å². The van der Waals surface area contributed by atoms with Crippen LogP contribution in [0.3, 0.4) is 0 Å². The highest BCUT2D eigenvalue weighted by Crippen LogP contribution is 2.36. The van der Waals surface area contributed by atoms with Gasteiger partial charge in [-0.15, -0.1) is 17.9 Å². The molecule has 0 N–H and O–H groups in total. The monoisotopic (exact) mass is 543 g/mol. The van der Waals surface area contributed by atoms with E-state index in [4.69, 9.17) is 21.3 Å². The number of benzene rings is 3. The predicted molar refractivity (Wildman–Crippen MR) is 154 cm³/mol. The van der Waals surface area contributed by atoms with Crippen LogP contribution < -0.4 is 4.74 Å². The van der Waals surface area contributed by atoms with Gasteiger partial charge in [0, 0.05) is 28.1 Å². The number of halogens is 1. The lowest BCUT2D eigenvalue weighted by molar-refractivity contribution is -0.121. The Balaban J connectivity index is 1.31. The molecule has 0 bridgehead atoms. The molecule has 0 saturated carbocycles. The number of thiazole rings is 1. The molecule has 1 fully saturated rings. The smallest absolute Gasteiger partial charge is 0.267 e. The van der Waals surface area contributed by atoms with E-state index in [2.05, 4.69) is 11.6 Å². The molecule has 2 heterocycles. The standard InChI is InChI=1S/C29H22ClN3O2S2/c1-2-16-33-27(34)26(37-29(33)32-28-31-25(19-36-28)21-8-4-3-5-9-21)17-20-12-14-23(15-13-20)35-18-22-10-6-7-11-24(22)30/h2-15,17,19H,1,16,18H2/b26-17-,32-29+. The molecule has 5 nitrogen and oxygen atoms in total. The van der Waals surface area contributed by atoms with E-state index < -0.39 is 0 Å². The number of carbonyl (C=O) groups is 1. The number of carbonyl (C=O) groups excluding carboxylic acids is 1. The highest BCUT2D eigenvalue weighted by atomic mass is 35.5. The summed E-state index contributed by atoms with van der Waals surface area (Å²) in [6, 6.07) is 25.2. The van der Waals surface area contributed by atoms with E-state index >= 15 is 0 Å². The summed E-state index contributed by atoms with van der Waals surface area (Å²) < 4.78 is 5.86. The van der Waals surface area contributed by atoms with Crippen molar-refractivity contribution >= 4 is 57.0 Å². The van der Waals surface area contributed by atoms with Gasteiger partial charge in [-0.3, -0.25) is 9.69 Å². The Bertz CT molecular complexity index is 1480. The van der Waals surface area contributed by atoms with Gasteiger partial charge in [0.25, 0.3) is 5.91 Å². The van der Waals surface area contributed by atoms with Crippen LogP contribution in [-0.2, 0) is 11.4 Å². The van der Waals surface area contributed by atoms with E-state index in [1.54, 1.807) is 11.0 Å². The lowest BCUT2D eigenvalue weighted by Gasteiger charge is -2.11. The van der Waals surface area contributed by atoms with Crippen molar-refractivity contribution in [2.75, 3.05) is 6.54 Å². The molecule has 1 amide bonds. The Morgan fingerprint density at radius 1 is 1.03 bits per heavy atom. The fraction of sp³-hybridized carbons (Fsp3) is 0.0690. The van der Waals surface area contributed by atoms with Crippen LogP contribution in [-0.4, -0.2) is 27.5 Å². The van der Waals surface area contributed by atoms with Crippen LogP contribution in [0.1, 0.15) is 11.1 Å². The first-order valence-electron chi connectivity index (χ1n) is 11.5. The normalized spacial score (nSPS) is 15.5. The number of hydrogen-bond acceptors (Lipinski definition) is 6. The van der Waals surface area contributed by atoms with Gasteiger partial charge in [0.05, 0.1) is 10.6 Å². The summed E-state index contributed by atoms with van der Waals surface area (Å²) in [5.41, 5.74) is 3.71. The van der Waals surface area contributed by atoms with Gasteiger partial charge in [-0.2, -0.15) is 4.99 Å². The molecular weight excluding hydrogens is 522 g/mol. The third kappa shape index (κ3) is 6.02. The summed E-state index contributed by atoms with van der Waals surface area (Å²) in [4.78, 5) is 24.7. The quantitative estimate of drug-likeness (QED) is 0.168. The molecule has 1 saturated heterocycles. The molecule has 0 atom stereocenters. The van der Waals surface area contributed by atoms with Gasteiger partial charge in [-0.1, -0.05) is 78.3 Å². The minimum absolute atomic E-state index is 0.109. The second kappa shape index (κ2) is 11.6. The first-order valence-corrected chi connectivity index (χ1v) is 13.6. The van der Waals surface area contributed by atoms with E-state index in [1.165, 1.54) is 23.1 Å². The first kappa shape index (κ1) is 25.0. The lowest BCUT2D eigenvalue weighted by atomic mass is 10.2. The summed E-state index contributed by atoms with van der Waals surface area (Å²) >= 11 is 8.99. The van der Waals surface area contributed by atoms with Gasteiger partial charge in [-0.05, 0) is 41.6 Å². The van der Waals surface area contributed by atoms with Crippen molar-refractivity contribution < 1.29 is 9.53 Å². The van der Waals surface area contributed by atoms with Crippen LogP contribution in [0.4, 0.5) is 5.13 Å². The number of aromatic nitrogens is 1. The third-order valence-electron chi connectivity index (χ3n) is 5.48. The van der Waals surface area contributed by atoms with Gasteiger partial charge in [0.2, 0.25) is 5.13 Å². The summed E-state index contributed by atoms with van der Waals surface area (Å²) in [5, 5.41) is 3.84. The second-order valence-corrected chi connectivity index (χ2v) is 10.3. The maximum absolute atomic E-state index is 13.1. The van der Waals surface area contributed by atoms with Crippen molar-refractivity contribution in [1.82, 2.24) is 9.88 Å². The topological polar surface area (TPSA) is 54.8 Å². The fourth-order valence-electron chi connectivity index (χ4n) is 3.61. The maximum atomic E-state index is 13.1. The van der Waals surface area contributed by atoms with E-state index in [0.717, 1.165) is 28.1 Å². The molecule has 8 heteroatoms. The van der Waals surface area contributed by atoms with Gasteiger partial charge >= 0.3 is 0 Å². The molecule has 0 radical (unpaired) electrons. The molecule has 1 aliphatic rings. The molecule has 1 aromatic heterocycles. The van der Waals surface area contributed by atoms with Gasteiger partial charge in [-0.25, -0.2) is 4.98 Å². The van der Waals surface area contributed by atoms with Gasteiger partial charge in [0.1, 0.15) is 12.4 Å².